The Hall–Kier alpha value is -4.00. The Bertz CT molecular complexity index is 1280. The van der Waals surface area contributed by atoms with Crippen LogP contribution in [0.15, 0.2) is 71.7 Å². The fourth-order valence-corrected chi connectivity index (χ4v) is 3.12. The second-order valence-electron chi connectivity index (χ2n) is 6.41. The second-order valence-corrected chi connectivity index (χ2v) is 6.41. The first kappa shape index (κ1) is 18.4. The van der Waals surface area contributed by atoms with Gasteiger partial charge in [-0.2, -0.15) is 0 Å². The summed E-state index contributed by atoms with van der Waals surface area (Å²) in [6.45, 7) is 1.75. The largest absolute Gasteiger partial charge is 0.497 e. The van der Waals surface area contributed by atoms with Crippen molar-refractivity contribution < 1.29 is 9.53 Å². The van der Waals surface area contributed by atoms with E-state index in [1.54, 1.807) is 80.9 Å². The predicted molar refractivity (Wildman–Crippen MR) is 111 cm³/mol. The Balaban J connectivity index is 1.70. The third-order valence-corrected chi connectivity index (χ3v) is 4.51. The number of pyridine rings is 1. The molecule has 0 aliphatic rings. The van der Waals surface area contributed by atoms with E-state index in [4.69, 9.17) is 4.74 Å². The minimum atomic E-state index is -0.272. The Labute approximate surface area is 166 Å². The highest BCUT2D eigenvalue weighted by atomic mass is 16.5. The number of carbonyl (C=O) groups excluding carboxylic acids is 1. The molecule has 0 atom stereocenters. The van der Waals surface area contributed by atoms with E-state index in [9.17, 15) is 9.59 Å². The van der Waals surface area contributed by atoms with Gasteiger partial charge >= 0.3 is 0 Å². The van der Waals surface area contributed by atoms with Crippen LogP contribution < -0.4 is 15.6 Å². The first-order valence-electron chi connectivity index (χ1n) is 8.97. The van der Waals surface area contributed by atoms with Gasteiger partial charge in [0.25, 0.3) is 11.5 Å². The topological polar surface area (TPSA) is 86.1 Å². The minimum absolute atomic E-state index is 0.211. The molecule has 0 spiro atoms. The number of methoxy groups -OCH3 is 1. The molecule has 0 saturated heterocycles. The van der Waals surface area contributed by atoms with Crippen molar-refractivity contribution in [1.82, 2.24) is 14.5 Å². The number of carbonyl (C=O) groups is 1. The molecule has 2 aromatic heterocycles. The Morgan fingerprint density at radius 3 is 2.72 bits per heavy atom. The van der Waals surface area contributed by atoms with E-state index in [-0.39, 0.29) is 11.5 Å². The summed E-state index contributed by atoms with van der Waals surface area (Å²) in [6.07, 6.45) is 1.60. The highest BCUT2D eigenvalue weighted by Crippen LogP contribution is 2.18. The van der Waals surface area contributed by atoms with E-state index in [0.717, 1.165) is 0 Å². The molecule has 0 aliphatic carbocycles. The van der Waals surface area contributed by atoms with Gasteiger partial charge in [0, 0.05) is 17.4 Å². The molecule has 4 rings (SSSR count). The molecule has 144 valence electrons. The number of benzene rings is 2. The van der Waals surface area contributed by atoms with Crippen molar-refractivity contribution in [2.24, 2.45) is 0 Å². The van der Waals surface area contributed by atoms with Crippen LogP contribution >= 0.6 is 0 Å². The number of hydrogen-bond donors (Lipinski definition) is 1. The van der Waals surface area contributed by atoms with E-state index < -0.39 is 0 Å². The summed E-state index contributed by atoms with van der Waals surface area (Å²) in [6, 6.07) is 17.3. The Morgan fingerprint density at radius 2 is 1.90 bits per heavy atom. The van der Waals surface area contributed by atoms with Crippen LogP contribution in [-0.2, 0) is 0 Å². The lowest BCUT2D eigenvalue weighted by atomic mass is 10.2. The van der Waals surface area contributed by atoms with Gasteiger partial charge in [-0.1, -0.05) is 12.1 Å². The summed E-state index contributed by atoms with van der Waals surface area (Å²) in [4.78, 5) is 34.1. The number of rotatable bonds is 4. The maximum atomic E-state index is 13.0. The monoisotopic (exact) mass is 386 g/mol. The van der Waals surface area contributed by atoms with Crippen LogP contribution in [0.5, 0.6) is 5.75 Å². The third kappa shape index (κ3) is 3.58. The fraction of sp³-hybridized carbons (Fsp3) is 0.0909. The van der Waals surface area contributed by atoms with Crippen molar-refractivity contribution in [2.75, 3.05) is 12.4 Å². The summed E-state index contributed by atoms with van der Waals surface area (Å²) >= 11 is 0. The Kier molecular flexibility index (Phi) is 4.78. The molecule has 0 bridgehead atoms. The highest BCUT2D eigenvalue weighted by molar-refractivity contribution is 6.04. The first-order chi connectivity index (χ1) is 14.1. The lowest BCUT2D eigenvalue weighted by Crippen LogP contribution is -2.22. The number of anilines is 1. The molecule has 1 amide bonds. The zero-order valence-electron chi connectivity index (χ0n) is 15.9. The molecule has 0 saturated carbocycles. The lowest BCUT2D eigenvalue weighted by molar-refractivity contribution is 0.102. The first-order valence-corrected chi connectivity index (χ1v) is 8.97. The van der Waals surface area contributed by atoms with E-state index in [0.29, 0.717) is 39.5 Å². The van der Waals surface area contributed by atoms with Crippen LogP contribution in [-0.4, -0.2) is 27.6 Å². The van der Waals surface area contributed by atoms with E-state index in [2.05, 4.69) is 15.3 Å². The summed E-state index contributed by atoms with van der Waals surface area (Å²) in [5.74, 6) is 0.841. The van der Waals surface area contributed by atoms with Crippen molar-refractivity contribution >= 4 is 22.6 Å². The smallest absolute Gasteiger partial charge is 0.267 e. The van der Waals surface area contributed by atoms with Crippen LogP contribution in [0.1, 0.15) is 16.2 Å². The highest BCUT2D eigenvalue weighted by Gasteiger charge is 2.12. The molecule has 29 heavy (non-hydrogen) atoms. The van der Waals surface area contributed by atoms with Crippen molar-refractivity contribution in [1.29, 1.82) is 0 Å². The summed E-state index contributed by atoms with van der Waals surface area (Å²) in [5, 5.41) is 3.29. The van der Waals surface area contributed by atoms with Gasteiger partial charge in [-0.3, -0.25) is 14.2 Å². The van der Waals surface area contributed by atoms with Crippen LogP contribution in [0.3, 0.4) is 0 Å². The molecular weight excluding hydrogens is 368 g/mol. The van der Waals surface area contributed by atoms with Gasteiger partial charge in [-0.05, 0) is 55.5 Å². The van der Waals surface area contributed by atoms with Crippen LogP contribution in [0.25, 0.3) is 16.7 Å². The van der Waals surface area contributed by atoms with E-state index >= 15 is 0 Å². The number of nitrogens with one attached hydrogen (secondary N) is 1. The third-order valence-electron chi connectivity index (χ3n) is 4.51. The van der Waals surface area contributed by atoms with Crippen LogP contribution in [0.2, 0.25) is 0 Å². The summed E-state index contributed by atoms with van der Waals surface area (Å²) in [5.41, 5.74) is 1.84. The molecule has 0 aliphatic heterocycles. The zero-order valence-corrected chi connectivity index (χ0v) is 15.9. The van der Waals surface area contributed by atoms with Crippen LogP contribution in [0, 0.1) is 6.92 Å². The average Bonchev–Trinajstić information content (AvgIpc) is 2.74. The molecule has 0 radical (unpaired) electrons. The predicted octanol–water partition coefficient (Wildman–Crippen LogP) is 3.35. The molecule has 7 heteroatoms. The van der Waals surface area contributed by atoms with Gasteiger partial charge in [0.05, 0.1) is 18.2 Å². The number of ether oxygens (including phenoxy) is 1. The lowest BCUT2D eigenvalue weighted by Gasteiger charge is -2.12. The van der Waals surface area contributed by atoms with E-state index in [1.807, 2.05) is 0 Å². The number of nitrogens with zero attached hydrogens (tertiary/aromatic N) is 3. The van der Waals surface area contributed by atoms with Gasteiger partial charge in [-0.25, -0.2) is 9.97 Å². The molecule has 4 aromatic rings. The Morgan fingerprint density at radius 1 is 1.07 bits per heavy atom. The van der Waals surface area contributed by atoms with E-state index in [1.165, 1.54) is 4.57 Å². The summed E-state index contributed by atoms with van der Waals surface area (Å²) in [7, 11) is 1.55. The maximum absolute atomic E-state index is 13.0. The quantitative estimate of drug-likeness (QED) is 0.581. The molecule has 0 unspecified atom stereocenters. The average molecular weight is 386 g/mol. The molecule has 1 N–H and O–H groups in total. The number of aryl methyl sites for hydroxylation is 1. The van der Waals surface area contributed by atoms with Gasteiger partial charge < -0.3 is 10.1 Å². The molecule has 7 nitrogen and oxygen atoms in total. The SMILES string of the molecule is COc1cccc(C(=O)Nc2cccc(-n3c(C)nc4ncccc4c3=O)c2)c1. The van der Waals surface area contributed by atoms with Crippen molar-refractivity contribution in [3.8, 4) is 11.4 Å². The van der Waals surface area contributed by atoms with Crippen molar-refractivity contribution in [3.63, 3.8) is 0 Å². The number of hydrogen-bond acceptors (Lipinski definition) is 5. The number of fused-ring (bicyclic) bond motifs is 1. The molecular formula is C22H18N4O3. The zero-order chi connectivity index (χ0) is 20.4. The standard InChI is InChI=1S/C22H18N4O3/c1-14-24-20-19(10-5-11-23-20)22(28)26(14)17-8-4-7-16(13-17)25-21(27)15-6-3-9-18(12-15)29-2/h3-13H,1-2H3,(H,25,27). The fourth-order valence-electron chi connectivity index (χ4n) is 3.12. The number of amides is 1. The molecule has 2 heterocycles. The normalized spacial score (nSPS) is 10.7. The maximum Gasteiger partial charge on any atom is 0.267 e. The molecule has 2 aromatic carbocycles. The van der Waals surface area contributed by atoms with Crippen LogP contribution in [0.4, 0.5) is 5.69 Å². The molecule has 0 fully saturated rings. The van der Waals surface area contributed by atoms with Gasteiger partial charge in [0.1, 0.15) is 11.6 Å². The van der Waals surface area contributed by atoms with Crippen molar-refractivity contribution in [2.45, 2.75) is 6.92 Å². The summed E-state index contributed by atoms with van der Waals surface area (Å²) < 4.78 is 6.67. The number of aromatic nitrogens is 3. The van der Waals surface area contributed by atoms with Crippen molar-refractivity contribution in [3.05, 3.63) is 88.6 Å². The van der Waals surface area contributed by atoms with Gasteiger partial charge in [-0.15, -0.1) is 0 Å². The second kappa shape index (κ2) is 7.55. The minimum Gasteiger partial charge on any atom is -0.497 e. The van der Waals surface area contributed by atoms with Gasteiger partial charge in [0.2, 0.25) is 0 Å². The van der Waals surface area contributed by atoms with Gasteiger partial charge in [0.15, 0.2) is 5.65 Å².